The summed E-state index contributed by atoms with van der Waals surface area (Å²) in [6, 6.07) is 50.6. The fourth-order valence-corrected chi connectivity index (χ4v) is 9.02. The highest BCUT2D eigenvalue weighted by Gasteiger charge is 2.21. The lowest BCUT2D eigenvalue weighted by Crippen LogP contribution is -2.16. The number of aromatic amines is 2. The molecule has 0 saturated heterocycles. The molecular weight excluding hydrogens is 809 g/mol. The zero-order valence-electron chi connectivity index (χ0n) is 38.2. The molecule has 2 aliphatic rings. The third-order valence-corrected chi connectivity index (χ3v) is 12.6. The van der Waals surface area contributed by atoms with Crippen molar-refractivity contribution in [2.45, 2.75) is 53.9 Å². The summed E-state index contributed by atoms with van der Waals surface area (Å²) in [6.45, 7) is 12.6. The molecule has 0 spiro atoms. The number of nitrogens with one attached hydrogen (secondary N) is 2. The summed E-state index contributed by atoms with van der Waals surface area (Å²) < 4.78 is 6.00. The van der Waals surface area contributed by atoms with Gasteiger partial charge in [0.2, 0.25) is 0 Å². The van der Waals surface area contributed by atoms with Gasteiger partial charge < -0.3 is 14.7 Å². The molecule has 1 atom stereocenters. The van der Waals surface area contributed by atoms with E-state index in [1.54, 1.807) is 0 Å². The van der Waals surface area contributed by atoms with Crippen LogP contribution in [0.3, 0.4) is 0 Å². The van der Waals surface area contributed by atoms with Gasteiger partial charge in [-0.1, -0.05) is 140 Å². The Kier molecular flexibility index (Phi) is 11.3. The third-order valence-electron chi connectivity index (χ3n) is 12.6. The Hall–Kier alpha value is -7.83. The van der Waals surface area contributed by atoms with E-state index in [2.05, 4.69) is 178 Å². The van der Waals surface area contributed by atoms with Crippen LogP contribution in [0.5, 0.6) is 5.75 Å². The highest BCUT2D eigenvalue weighted by Crippen LogP contribution is 2.39. The van der Waals surface area contributed by atoms with Gasteiger partial charge in [0, 0.05) is 44.3 Å². The van der Waals surface area contributed by atoms with E-state index in [1.807, 2.05) is 43.3 Å². The number of carbonyl (C=O) groups is 1. The first kappa shape index (κ1) is 42.1. The molecule has 324 valence electrons. The van der Waals surface area contributed by atoms with Crippen LogP contribution < -0.4 is 4.74 Å². The molecule has 0 radical (unpaired) electrons. The topological polar surface area (TPSA) is 83.7 Å². The summed E-state index contributed by atoms with van der Waals surface area (Å²) in [5.74, 6) is 0.331. The van der Waals surface area contributed by atoms with E-state index in [9.17, 15) is 4.79 Å². The fourth-order valence-electron chi connectivity index (χ4n) is 9.02. The standard InChI is InChI=1S/C60H52N4O2/c1-36(2)35-41-13-21-42(22-14-41)40(6)60(65)66-47-25-23-46(24-26-47)59-54-33-31-52(63-54)57(44-17-9-38(4)10-18-44)50-29-27-48(61-50)56(43-15-7-37(3)8-16-43)49-28-30-51(62-49)58(53-32-34-55(59)64-53)45-19-11-39(5)12-20-45/h7-34,36,40,61,64H,35H2,1-6H3/t40-/m1/s1. The molecule has 0 aliphatic carbocycles. The van der Waals surface area contributed by atoms with E-state index < -0.39 is 5.92 Å². The lowest BCUT2D eigenvalue weighted by Gasteiger charge is -2.13. The quantitative estimate of drug-likeness (QED) is 0.112. The minimum atomic E-state index is -0.418. The highest BCUT2D eigenvalue weighted by atomic mass is 16.5. The summed E-state index contributed by atoms with van der Waals surface area (Å²) in [5.41, 5.74) is 20.9. The maximum atomic E-state index is 13.5. The van der Waals surface area contributed by atoms with Crippen molar-refractivity contribution in [2.75, 3.05) is 0 Å². The number of H-pyrrole nitrogens is 2. The molecule has 2 N–H and O–H groups in total. The summed E-state index contributed by atoms with van der Waals surface area (Å²) in [5, 5.41) is 0. The SMILES string of the molecule is Cc1ccc(-c2c3nc(c(-c4ccc(C)cc4)c4ccc([nH]4)c(-c4ccc(OC(=O)[C@H](C)c5ccc(CC(C)C)cc5)cc4)c4nc(c(-c5ccc(C)cc5)c5ccc2[nH]5)C=C4)C=C3)cc1. The first-order chi connectivity index (χ1) is 32.0. The largest absolute Gasteiger partial charge is 0.426 e. The van der Waals surface area contributed by atoms with Crippen molar-refractivity contribution in [1.29, 1.82) is 0 Å². The number of hydrogen-bond donors (Lipinski definition) is 2. The summed E-state index contributed by atoms with van der Waals surface area (Å²) in [7, 11) is 0. The smallest absolute Gasteiger partial charge is 0.318 e. The molecule has 0 amide bonds. The van der Waals surface area contributed by atoms with Crippen LogP contribution in [0.15, 0.2) is 146 Å². The van der Waals surface area contributed by atoms with Crippen molar-refractivity contribution >= 4 is 52.3 Å². The Morgan fingerprint density at radius 3 is 1.12 bits per heavy atom. The average Bonchev–Trinajstić information content (AvgIpc) is 4.17. The van der Waals surface area contributed by atoms with Gasteiger partial charge in [-0.3, -0.25) is 4.79 Å². The number of benzene rings is 5. The highest BCUT2D eigenvalue weighted by molar-refractivity contribution is 6.00. The second kappa shape index (κ2) is 17.6. The predicted molar refractivity (Wildman–Crippen MR) is 274 cm³/mol. The van der Waals surface area contributed by atoms with Gasteiger partial charge in [-0.15, -0.1) is 0 Å². The van der Waals surface area contributed by atoms with E-state index in [0.29, 0.717) is 11.7 Å². The summed E-state index contributed by atoms with van der Waals surface area (Å²) in [4.78, 5) is 32.1. The predicted octanol–water partition coefficient (Wildman–Crippen LogP) is 15.2. The minimum Gasteiger partial charge on any atom is -0.426 e. The van der Waals surface area contributed by atoms with Crippen molar-refractivity contribution in [3.05, 3.63) is 196 Å². The van der Waals surface area contributed by atoms with Gasteiger partial charge in [0.15, 0.2) is 0 Å². The Morgan fingerprint density at radius 2 is 0.788 bits per heavy atom. The van der Waals surface area contributed by atoms with Gasteiger partial charge in [0.25, 0.3) is 0 Å². The van der Waals surface area contributed by atoms with Crippen LogP contribution in [0, 0.1) is 26.7 Å². The van der Waals surface area contributed by atoms with Crippen LogP contribution in [0.2, 0.25) is 0 Å². The van der Waals surface area contributed by atoms with E-state index >= 15 is 0 Å². The second-order valence-corrected chi connectivity index (χ2v) is 18.1. The Balaban J connectivity index is 1.18. The molecule has 0 saturated carbocycles. The van der Waals surface area contributed by atoms with Crippen molar-refractivity contribution < 1.29 is 9.53 Å². The summed E-state index contributed by atoms with van der Waals surface area (Å²) >= 11 is 0. The second-order valence-electron chi connectivity index (χ2n) is 18.1. The van der Waals surface area contributed by atoms with Gasteiger partial charge in [-0.25, -0.2) is 9.97 Å². The lowest BCUT2D eigenvalue weighted by molar-refractivity contribution is -0.135. The Labute approximate surface area is 386 Å². The molecule has 8 aromatic rings. The fraction of sp³-hybridized carbons (Fsp3) is 0.150. The minimum absolute atomic E-state index is 0.299. The first-order valence-corrected chi connectivity index (χ1v) is 22.8. The number of nitrogens with zero attached hydrogens (tertiary/aromatic N) is 2. The lowest BCUT2D eigenvalue weighted by atomic mass is 9.97. The van der Waals surface area contributed by atoms with Gasteiger partial charge in [-0.2, -0.15) is 0 Å². The van der Waals surface area contributed by atoms with Gasteiger partial charge in [0.1, 0.15) is 5.75 Å². The Bertz CT molecular complexity index is 3310. The van der Waals surface area contributed by atoms with Crippen LogP contribution in [-0.4, -0.2) is 25.9 Å². The zero-order valence-corrected chi connectivity index (χ0v) is 38.2. The third kappa shape index (κ3) is 8.46. The molecule has 2 aliphatic heterocycles. The number of aryl methyl sites for hydroxylation is 3. The Morgan fingerprint density at radius 1 is 0.455 bits per heavy atom. The number of hydrogen-bond acceptors (Lipinski definition) is 4. The number of ether oxygens (including phenoxy) is 1. The molecule has 3 aromatic heterocycles. The maximum Gasteiger partial charge on any atom is 0.318 e. The van der Waals surface area contributed by atoms with Crippen molar-refractivity contribution in [3.8, 4) is 50.3 Å². The number of rotatable bonds is 9. The maximum absolute atomic E-state index is 13.5. The number of aromatic nitrogens is 4. The molecule has 5 aromatic carbocycles. The van der Waals surface area contributed by atoms with E-state index in [0.717, 1.165) is 101 Å². The number of fused-ring (bicyclic) bond motifs is 8. The van der Waals surface area contributed by atoms with E-state index in [-0.39, 0.29) is 5.97 Å². The summed E-state index contributed by atoms with van der Waals surface area (Å²) in [6.07, 6.45) is 9.47. The molecule has 10 rings (SSSR count). The van der Waals surface area contributed by atoms with Crippen molar-refractivity contribution in [2.24, 2.45) is 5.92 Å². The molecule has 66 heavy (non-hydrogen) atoms. The molecule has 8 bridgehead atoms. The van der Waals surface area contributed by atoms with Crippen molar-refractivity contribution in [3.63, 3.8) is 0 Å². The van der Waals surface area contributed by atoms with Crippen LogP contribution in [0.25, 0.3) is 90.9 Å². The number of esters is 1. The van der Waals surface area contributed by atoms with E-state index in [4.69, 9.17) is 14.7 Å². The average molecular weight is 861 g/mol. The normalized spacial score (nSPS) is 12.5. The van der Waals surface area contributed by atoms with Gasteiger partial charge in [-0.05, 0) is 134 Å². The number of carbonyl (C=O) groups excluding carboxylic acids is 1. The van der Waals surface area contributed by atoms with Crippen LogP contribution in [-0.2, 0) is 11.2 Å². The first-order valence-electron chi connectivity index (χ1n) is 22.8. The van der Waals surface area contributed by atoms with Crippen LogP contribution in [0.1, 0.15) is 77.3 Å². The van der Waals surface area contributed by atoms with Crippen molar-refractivity contribution in [1.82, 2.24) is 19.9 Å². The van der Waals surface area contributed by atoms with E-state index in [1.165, 1.54) is 22.3 Å². The van der Waals surface area contributed by atoms with Crippen LogP contribution in [0.4, 0.5) is 0 Å². The molecular formula is C60H52N4O2. The molecule has 0 unspecified atom stereocenters. The molecule has 6 nitrogen and oxygen atoms in total. The monoisotopic (exact) mass is 860 g/mol. The van der Waals surface area contributed by atoms with Crippen LogP contribution >= 0.6 is 0 Å². The molecule has 0 fully saturated rings. The zero-order chi connectivity index (χ0) is 45.5. The van der Waals surface area contributed by atoms with Gasteiger partial charge in [0.05, 0.1) is 28.7 Å². The molecule has 6 heteroatoms. The molecule has 5 heterocycles. The van der Waals surface area contributed by atoms with Gasteiger partial charge >= 0.3 is 5.97 Å².